The second kappa shape index (κ2) is 6.90. The number of nitrogen functional groups attached to an aromatic ring is 1. The Labute approximate surface area is 108 Å². The molecule has 1 rings (SSSR count). The fourth-order valence-electron chi connectivity index (χ4n) is 1.74. The Morgan fingerprint density at radius 2 is 1.94 bits per heavy atom. The molecule has 1 aromatic rings. The molecule has 3 N–H and O–H groups in total. The third-order valence-electron chi connectivity index (χ3n) is 2.65. The molecule has 100 valence electrons. The molecular formula is C12H22N6. The Morgan fingerprint density at radius 3 is 2.50 bits per heavy atom. The van der Waals surface area contributed by atoms with Crippen LogP contribution in [-0.4, -0.2) is 54.4 Å². The number of rotatable bonds is 7. The number of anilines is 1. The van der Waals surface area contributed by atoms with E-state index in [1.165, 1.54) is 0 Å². The average molecular weight is 250 g/mol. The van der Waals surface area contributed by atoms with E-state index in [1.54, 1.807) is 12.4 Å². The summed E-state index contributed by atoms with van der Waals surface area (Å²) in [5.74, 6) is 0.662. The van der Waals surface area contributed by atoms with E-state index < -0.39 is 0 Å². The van der Waals surface area contributed by atoms with Gasteiger partial charge in [-0.15, -0.1) is 0 Å². The molecule has 0 bridgehead atoms. The summed E-state index contributed by atoms with van der Waals surface area (Å²) >= 11 is 0. The summed E-state index contributed by atoms with van der Waals surface area (Å²) in [7, 11) is 4.11. The minimum absolute atomic E-state index is 0.0378. The Balaban J connectivity index is 2.78. The van der Waals surface area contributed by atoms with E-state index in [1.807, 2.05) is 0 Å². The molecule has 0 spiro atoms. The summed E-state index contributed by atoms with van der Waals surface area (Å²) in [6.45, 7) is 4.79. The van der Waals surface area contributed by atoms with Crippen LogP contribution in [0.3, 0.4) is 0 Å². The summed E-state index contributed by atoms with van der Waals surface area (Å²) in [6.07, 6.45) is 4.24. The lowest BCUT2D eigenvalue weighted by molar-refractivity contribution is 0.400. The molecule has 1 heterocycles. The van der Waals surface area contributed by atoms with Crippen LogP contribution in [-0.2, 0) is 0 Å². The fraction of sp³-hybridized carbons (Fsp3) is 0.583. The molecule has 0 amide bonds. The minimum atomic E-state index is -0.0378. The standard InChI is InChI=1S/C12H22N6/c1-4-18(9-5-8-17(2)3)12-10(11(13)14)15-6-7-16-12/h6-7H,4-5,8-9H2,1-3H3,(H3,13,14). The first-order chi connectivity index (χ1) is 8.56. The Hall–Kier alpha value is -1.69. The molecule has 1 aromatic heterocycles. The van der Waals surface area contributed by atoms with Gasteiger partial charge < -0.3 is 15.5 Å². The lowest BCUT2D eigenvalue weighted by atomic mass is 10.3. The zero-order valence-corrected chi connectivity index (χ0v) is 11.3. The first-order valence-electron chi connectivity index (χ1n) is 6.11. The molecule has 0 aliphatic heterocycles. The van der Waals surface area contributed by atoms with Crippen molar-refractivity contribution in [3.05, 3.63) is 18.1 Å². The van der Waals surface area contributed by atoms with Gasteiger partial charge in [-0.2, -0.15) is 0 Å². The van der Waals surface area contributed by atoms with E-state index in [2.05, 4.69) is 40.8 Å². The predicted molar refractivity (Wildman–Crippen MR) is 74.1 cm³/mol. The van der Waals surface area contributed by atoms with Crippen molar-refractivity contribution in [1.29, 1.82) is 5.41 Å². The summed E-state index contributed by atoms with van der Waals surface area (Å²) in [6, 6.07) is 0. The normalized spacial score (nSPS) is 10.7. The zero-order chi connectivity index (χ0) is 13.5. The lowest BCUT2D eigenvalue weighted by Crippen LogP contribution is -2.30. The van der Waals surface area contributed by atoms with E-state index in [-0.39, 0.29) is 5.84 Å². The van der Waals surface area contributed by atoms with Crippen LogP contribution in [0.5, 0.6) is 0 Å². The molecule has 0 aliphatic rings. The summed E-state index contributed by atoms with van der Waals surface area (Å²) in [5.41, 5.74) is 5.99. The van der Waals surface area contributed by atoms with Gasteiger partial charge in [-0.3, -0.25) is 5.41 Å². The van der Waals surface area contributed by atoms with Crippen molar-refractivity contribution < 1.29 is 0 Å². The Morgan fingerprint density at radius 1 is 1.28 bits per heavy atom. The van der Waals surface area contributed by atoms with Crippen LogP contribution >= 0.6 is 0 Å². The van der Waals surface area contributed by atoms with Gasteiger partial charge in [0, 0.05) is 25.5 Å². The second-order valence-electron chi connectivity index (χ2n) is 4.38. The van der Waals surface area contributed by atoms with Gasteiger partial charge in [-0.25, -0.2) is 9.97 Å². The molecule has 0 saturated heterocycles. The fourth-order valence-corrected chi connectivity index (χ4v) is 1.74. The van der Waals surface area contributed by atoms with Crippen LogP contribution in [0.15, 0.2) is 12.4 Å². The van der Waals surface area contributed by atoms with Gasteiger partial charge in [-0.1, -0.05) is 0 Å². The molecule has 0 radical (unpaired) electrons. The molecule has 0 fully saturated rings. The SMILES string of the molecule is CCN(CCCN(C)C)c1nccnc1C(=N)N. The van der Waals surface area contributed by atoms with Gasteiger partial charge in [0.2, 0.25) is 0 Å². The highest BCUT2D eigenvalue weighted by atomic mass is 15.2. The lowest BCUT2D eigenvalue weighted by Gasteiger charge is -2.24. The molecule has 0 aromatic carbocycles. The quantitative estimate of drug-likeness (QED) is 0.545. The highest BCUT2D eigenvalue weighted by molar-refractivity contribution is 5.97. The maximum Gasteiger partial charge on any atom is 0.158 e. The number of hydrogen-bond acceptors (Lipinski definition) is 5. The average Bonchev–Trinajstić information content (AvgIpc) is 2.34. The van der Waals surface area contributed by atoms with E-state index >= 15 is 0 Å². The summed E-state index contributed by atoms with van der Waals surface area (Å²) in [5, 5.41) is 7.53. The van der Waals surface area contributed by atoms with Crippen molar-refractivity contribution in [2.75, 3.05) is 38.6 Å². The van der Waals surface area contributed by atoms with Gasteiger partial charge in [0.15, 0.2) is 5.82 Å². The highest BCUT2D eigenvalue weighted by Crippen LogP contribution is 2.14. The number of aromatic nitrogens is 2. The van der Waals surface area contributed by atoms with Gasteiger partial charge in [0.1, 0.15) is 11.5 Å². The van der Waals surface area contributed by atoms with E-state index in [9.17, 15) is 0 Å². The summed E-state index contributed by atoms with van der Waals surface area (Å²) in [4.78, 5) is 12.7. The third-order valence-corrected chi connectivity index (χ3v) is 2.65. The topological polar surface area (TPSA) is 82.1 Å². The van der Waals surface area contributed by atoms with Crippen LogP contribution in [0.2, 0.25) is 0 Å². The zero-order valence-electron chi connectivity index (χ0n) is 11.3. The first-order valence-corrected chi connectivity index (χ1v) is 6.11. The van der Waals surface area contributed by atoms with E-state index in [4.69, 9.17) is 11.1 Å². The van der Waals surface area contributed by atoms with Gasteiger partial charge >= 0.3 is 0 Å². The molecule has 18 heavy (non-hydrogen) atoms. The number of nitrogens with one attached hydrogen (secondary N) is 1. The van der Waals surface area contributed by atoms with Crippen molar-refractivity contribution in [2.24, 2.45) is 5.73 Å². The van der Waals surface area contributed by atoms with Crippen molar-refractivity contribution in [3.63, 3.8) is 0 Å². The molecular weight excluding hydrogens is 228 g/mol. The Bertz CT molecular complexity index is 390. The smallest absolute Gasteiger partial charge is 0.158 e. The molecule has 0 aliphatic carbocycles. The minimum Gasteiger partial charge on any atom is -0.382 e. The summed E-state index contributed by atoms with van der Waals surface area (Å²) < 4.78 is 0. The van der Waals surface area contributed by atoms with E-state index in [0.717, 1.165) is 26.1 Å². The maximum atomic E-state index is 7.53. The highest BCUT2D eigenvalue weighted by Gasteiger charge is 2.14. The molecule has 0 saturated carbocycles. The van der Waals surface area contributed by atoms with Crippen LogP contribution in [0.25, 0.3) is 0 Å². The molecule has 6 nitrogen and oxygen atoms in total. The number of nitrogens with two attached hydrogens (primary N) is 1. The van der Waals surface area contributed by atoms with Crippen LogP contribution in [0.4, 0.5) is 5.82 Å². The number of hydrogen-bond donors (Lipinski definition) is 2. The molecule has 0 unspecified atom stereocenters. The maximum absolute atomic E-state index is 7.53. The van der Waals surface area contributed by atoms with Crippen molar-refractivity contribution in [1.82, 2.24) is 14.9 Å². The van der Waals surface area contributed by atoms with Crippen molar-refractivity contribution >= 4 is 11.7 Å². The van der Waals surface area contributed by atoms with Crippen LogP contribution in [0, 0.1) is 5.41 Å². The number of nitrogens with zero attached hydrogens (tertiary/aromatic N) is 4. The predicted octanol–water partition coefficient (Wildman–Crippen LogP) is 0.539. The first kappa shape index (κ1) is 14.4. The van der Waals surface area contributed by atoms with Crippen LogP contribution in [0.1, 0.15) is 19.0 Å². The second-order valence-corrected chi connectivity index (χ2v) is 4.38. The molecule has 6 heteroatoms. The van der Waals surface area contributed by atoms with Crippen LogP contribution < -0.4 is 10.6 Å². The van der Waals surface area contributed by atoms with Crippen molar-refractivity contribution in [3.8, 4) is 0 Å². The monoisotopic (exact) mass is 250 g/mol. The van der Waals surface area contributed by atoms with Gasteiger partial charge in [0.25, 0.3) is 0 Å². The molecule has 0 atom stereocenters. The van der Waals surface area contributed by atoms with E-state index in [0.29, 0.717) is 11.5 Å². The van der Waals surface area contributed by atoms with Gasteiger partial charge in [0.05, 0.1) is 0 Å². The Kier molecular flexibility index (Phi) is 5.51. The third kappa shape index (κ3) is 3.96. The largest absolute Gasteiger partial charge is 0.382 e. The van der Waals surface area contributed by atoms with Gasteiger partial charge in [-0.05, 0) is 34.0 Å². The number of amidine groups is 1. The van der Waals surface area contributed by atoms with Crippen molar-refractivity contribution in [2.45, 2.75) is 13.3 Å².